The fourth-order valence-corrected chi connectivity index (χ4v) is 1.33. The van der Waals surface area contributed by atoms with E-state index < -0.39 is 0 Å². The molecule has 5 nitrogen and oxygen atoms in total. The third kappa shape index (κ3) is 1.48. The lowest BCUT2D eigenvalue weighted by Crippen LogP contribution is -1.95. The Morgan fingerprint density at radius 3 is 2.86 bits per heavy atom. The van der Waals surface area contributed by atoms with Crippen molar-refractivity contribution < 1.29 is 0 Å². The van der Waals surface area contributed by atoms with Crippen molar-refractivity contribution in [3.8, 4) is 11.5 Å². The van der Waals surface area contributed by atoms with Gasteiger partial charge in [0.2, 0.25) is 5.82 Å². The molecule has 5 heteroatoms. The van der Waals surface area contributed by atoms with Crippen LogP contribution in [0.3, 0.4) is 0 Å². The van der Waals surface area contributed by atoms with Crippen molar-refractivity contribution in [3.05, 3.63) is 23.4 Å². The Hall–Kier alpha value is -1.78. The van der Waals surface area contributed by atoms with Crippen LogP contribution in [0.15, 0.2) is 12.1 Å². The van der Waals surface area contributed by atoms with Crippen molar-refractivity contribution in [1.82, 2.24) is 25.6 Å². The highest BCUT2D eigenvalue weighted by Gasteiger charge is 2.09. The number of rotatable bonds is 2. The van der Waals surface area contributed by atoms with Crippen molar-refractivity contribution in [2.75, 3.05) is 0 Å². The van der Waals surface area contributed by atoms with Crippen LogP contribution in [0.4, 0.5) is 0 Å². The molecule has 0 radical (unpaired) electrons. The van der Waals surface area contributed by atoms with Gasteiger partial charge in [0, 0.05) is 5.69 Å². The van der Waals surface area contributed by atoms with Crippen molar-refractivity contribution in [2.45, 2.75) is 20.3 Å². The van der Waals surface area contributed by atoms with Crippen LogP contribution in [-0.2, 0) is 6.42 Å². The second-order valence-corrected chi connectivity index (χ2v) is 3.05. The summed E-state index contributed by atoms with van der Waals surface area (Å²) < 4.78 is 0. The minimum Gasteiger partial charge on any atom is -0.249 e. The Morgan fingerprint density at radius 1 is 1.36 bits per heavy atom. The van der Waals surface area contributed by atoms with Gasteiger partial charge < -0.3 is 0 Å². The fraction of sp³-hybridized carbons (Fsp3) is 0.333. The number of tetrazole rings is 1. The van der Waals surface area contributed by atoms with Gasteiger partial charge in [0.05, 0.1) is 0 Å². The van der Waals surface area contributed by atoms with E-state index in [4.69, 9.17) is 0 Å². The smallest absolute Gasteiger partial charge is 0.223 e. The minimum atomic E-state index is 0.561. The number of nitrogens with one attached hydrogen (secondary N) is 1. The van der Waals surface area contributed by atoms with Gasteiger partial charge in [-0.15, -0.1) is 10.2 Å². The minimum absolute atomic E-state index is 0.561. The van der Waals surface area contributed by atoms with E-state index >= 15 is 0 Å². The van der Waals surface area contributed by atoms with Gasteiger partial charge in [-0.2, -0.15) is 5.21 Å². The summed E-state index contributed by atoms with van der Waals surface area (Å²) in [7, 11) is 0. The SMILES string of the molecule is CCc1ccc(C)nc1-c1nn[nH]n1. The molecular weight excluding hydrogens is 178 g/mol. The number of hydrogen-bond donors (Lipinski definition) is 1. The zero-order valence-electron chi connectivity index (χ0n) is 8.15. The van der Waals surface area contributed by atoms with Crippen molar-refractivity contribution in [2.24, 2.45) is 0 Å². The monoisotopic (exact) mass is 189 g/mol. The summed E-state index contributed by atoms with van der Waals surface area (Å²) in [6.45, 7) is 4.03. The Morgan fingerprint density at radius 2 is 2.21 bits per heavy atom. The lowest BCUT2D eigenvalue weighted by molar-refractivity contribution is 0.881. The summed E-state index contributed by atoms with van der Waals surface area (Å²) in [6.07, 6.45) is 0.914. The first-order valence-corrected chi connectivity index (χ1v) is 4.51. The summed E-state index contributed by atoms with van der Waals surface area (Å²) >= 11 is 0. The normalized spacial score (nSPS) is 10.4. The summed E-state index contributed by atoms with van der Waals surface area (Å²) in [5, 5.41) is 13.8. The predicted octanol–water partition coefficient (Wildman–Crippen LogP) is 1.13. The molecule has 14 heavy (non-hydrogen) atoms. The first kappa shape index (κ1) is 8.80. The van der Waals surface area contributed by atoms with Gasteiger partial charge in [-0.25, -0.2) is 4.98 Å². The van der Waals surface area contributed by atoms with Gasteiger partial charge in [-0.3, -0.25) is 0 Å². The van der Waals surface area contributed by atoms with Crippen LogP contribution in [0.2, 0.25) is 0 Å². The molecule has 0 spiro atoms. The largest absolute Gasteiger partial charge is 0.249 e. The number of aromatic nitrogens is 5. The molecule has 0 saturated heterocycles. The molecule has 2 aromatic heterocycles. The molecule has 0 amide bonds. The Bertz CT molecular complexity index is 421. The average molecular weight is 189 g/mol. The number of pyridine rings is 1. The average Bonchev–Trinajstić information content (AvgIpc) is 2.70. The van der Waals surface area contributed by atoms with Crippen LogP contribution >= 0.6 is 0 Å². The van der Waals surface area contributed by atoms with E-state index in [9.17, 15) is 0 Å². The first-order chi connectivity index (χ1) is 6.81. The summed E-state index contributed by atoms with van der Waals surface area (Å²) in [4.78, 5) is 4.40. The zero-order chi connectivity index (χ0) is 9.97. The standard InChI is InChI=1S/C9H11N5/c1-3-7-5-4-6(2)10-8(7)9-11-13-14-12-9/h4-5H,3H2,1-2H3,(H,11,12,13,14). The lowest BCUT2D eigenvalue weighted by Gasteiger charge is -2.03. The highest BCUT2D eigenvalue weighted by atomic mass is 15.5. The summed E-state index contributed by atoms with van der Waals surface area (Å²) in [5.74, 6) is 0.561. The van der Waals surface area contributed by atoms with Crippen molar-refractivity contribution in [3.63, 3.8) is 0 Å². The third-order valence-corrected chi connectivity index (χ3v) is 2.06. The molecule has 2 rings (SSSR count). The maximum absolute atomic E-state index is 4.40. The van der Waals surface area contributed by atoms with E-state index in [1.807, 2.05) is 19.1 Å². The fourth-order valence-electron chi connectivity index (χ4n) is 1.33. The van der Waals surface area contributed by atoms with Crippen LogP contribution in [0.25, 0.3) is 11.5 Å². The Kier molecular flexibility index (Phi) is 2.22. The number of nitrogens with zero attached hydrogens (tertiary/aromatic N) is 4. The van der Waals surface area contributed by atoms with E-state index in [1.165, 1.54) is 0 Å². The molecule has 0 aliphatic rings. The molecule has 0 aliphatic heterocycles. The van der Waals surface area contributed by atoms with Gasteiger partial charge in [-0.1, -0.05) is 13.0 Å². The summed E-state index contributed by atoms with van der Waals surface area (Å²) in [5.41, 5.74) is 2.92. The van der Waals surface area contributed by atoms with E-state index in [0.717, 1.165) is 23.4 Å². The predicted molar refractivity (Wildman–Crippen MR) is 51.5 cm³/mol. The van der Waals surface area contributed by atoms with Gasteiger partial charge in [-0.05, 0) is 30.2 Å². The quantitative estimate of drug-likeness (QED) is 0.769. The maximum atomic E-state index is 4.40. The molecule has 2 heterocycles. The molecule has 0 atom stereocenters. The van der Waals surface area contributed by atoms with E-state index in [1.54, 1.807) is 0 Å². The van der Waals surface area contributed by atoms with Gasteiger partial charge >= 0.3 is 0 Å². The second-order valence-electron chi connectivity index (χ2n) is 3.05. The highest BCUT2D eigenvalue weighted by molar-refractivity contribution is 5.53. The molecule has 0 unspecified atom stereocenters. The molecule has 0 saturated carbocycles. The third-order valence-electron chi connectivity index (χ3n) is 2.06. The van der Waals surface area contributed by atoms with E-state index in [0.29, 0.717) is 5.82 Å². The Labute approximate surface area is 81.6 Å². The van der Waals surface area contributed by atoms with E-state index in [2.05, 4.69) is 32.5 Å². The van der Waals surface area contributed by atoms with Gasteiger partial charge in [0.15, 0.2) is 0 Å². The lowest BCUT2D eigenvalue weighted by atomic mass is 10.1. The summed E-state index contributed by atoms with van der Waals surface area (Å²) in [6, 6.07) is 4.04. The number of H-pyrrole nitrogens is 1. The van der Waals surface area contributed by atoms with E-state index in [-0.39, 0.29) is 0 Å². The van der Waals surface area contributed by atoms with Crippen LogP contribution in [0, 0.1) is 6.92 Å². The molecule has 0 aliphatic carbocycles. The van der Waals surface area contributed by atoms with Crippen LogP contribution in [0.1, 0.15) is 18.2 Å². The van der Waals surface area contributed by atoms with Crippen molar-refractivity contribution in [1.29, 1.82) is 0 Å². The zero-order valence-corrected chi connectivity index (χ0v) is 8.15. The van der Waals surface area contributed by atoms with Gasteiger partial charge in [0.25, 0.3) is 0 Å². The molecule has 72 valence electrons. The van der Waals surface area contributed by atoms with Crippen LogP contribution in [0.5, 0.6) is 0 Å². The molecule has 1 N–H and O–H groups in total. The maximum Gasteiger partial charge on any atom is 0.223 e. The number of aryl methyl sites for hydroxylation is 2. The molecule has 2 aromatic rings. The topological polar surface area (TPSA) is 67.3 Å². The number of aromatic amines is 1. The second kappa shape index (κ2) is 3.53. The van der Waals surface area contributed by atoms with Gasteiger partial charge in [0.1, 0.15) is 5.69 Å². The first-order valence-electron chi connectivity index (χ1n) is 4.51. The highest BCUT2D eigenvalue weighted by Crippen LogP contribution is 2.17. The molecule has 0 bridgehead atoms. The number of hydrogen-bond acceptors (Lipinski definition) is 4. The van der Waals surface area contributed by atoms with Crippen LogP contribution < -0.4 is 0 Å². The van der Waals surface area contributed by atoms with Crippen LogP contribution in [-0.4, -0.2) is 25.6 Å². The van der Waals surface area contributed by atoms with Crippen molar-refractivity contribution >= 4 is 0 Å². The molecule has 0 aromatic carbocycles. The molecular formula is C9H11N5. The Balaban J connectivity index is 2.55. The molecule has 0 fully saturated rings.